The molecule has 0 radical (unpaired) electrons. The lowest BCUT2D eigenvalue weighted by molar-refractivity contribution is -0.148. The Morgan fingerprint density at radius 2 is 1.60 bits per heavy atom. The first kappa shape index (κ1) is 22.3. The van der Waals surface area contributed by atoms with E-state index in [1.807, 2.05) is 13.0 Å². The van der Waals surface area contributed by atoms with Crippen LogP contribution >= 0.6 is 0 Å². The molecule has 2 atom stereocenters. The molecule has 5 nitrogen and oxygen atoms in total. The molecule has 0 bridgehead atoms. The van der Waals surface area contributed by atoms with Crippen LogP contribution in [0.25, 0.3) is 0 Å². The summed E-state index contributed by atoms with van der Waals surface area (Å²) in [6.07, 6.45) is 2.13. The molecule has 2 aromatic carbocycles. The molecule has 0 aliphatic carbocycles. The third kappa shape index (κ3) is 5.83. The Bertz CT molecular complexity index is 746. The number of hydrogen-bond donors (Lipinski definition) is 1. The molecule has 2 aromatic rings. The van der Waals surface area contributed by atoms with E-state index in [1.165, 1.54) is 5.69 Å². The highest BCUT2D eigenvalue weighted by Gasteiger charge is 2.36. The van der Waals surface area contributed by atoms with Gasteiger partial charge in [0.25, 0.3) is 0 Å². The van der Waals surface area contributed by atoms with Crippen molar-refractivity contribution in [3.8, 4) is 0 Å². The van der Waals surface area contributed by atoms with Gasteiger partial charge >= 0.3 is 5.97 Å². The number of hydrogen-bond acceptors (Lipinski definition) is 5. The fourth-order valence-electron chi connectivity index (χ4n) is 4.15. The van der Waals surface area contributed by atoms with Gasteiger partial charge in [0.15, 0.2) is 0 Å². The lowest BCUT2D eigenvalue weighted by Gasteiger charge is -2.42. The van der Waals surface area contributed by atoms with Crippen LogP contribution in [0.4, 0.5) is 5.69 Å². The molecule has 1 aliphatic heterocycles. The van der Waals surface area contributed by atoms with Gasteiger partial charge in [-0.05, 0) is 37.6 Å². The first-order valence-electron chi connectivity index (χ1n) is 11.2. The molecule has 3 rings (SSSR count). The predicted molar refractivity (Wildman–Crippen MR) is 123 cm³/mol. The Hall–Kier alpha value is -2.37. The van der Waals surface area contributed by atoms with Crippen molar-refractivity contribution in [2.24, 2.45) is 0 Å². The van der Waals surface area contributed by atoms with Crippen LogP contribution in [0, 0.1) is 0 Å². The maximum atomic E-state index is 13.0. The normalized spacial score (nSPS) is 16.8. The van der Waals surface area contributed by atoms with E-state index in [1.54, 1.807) is 0 Å². The highest BCUT2D eigenvalue weighted by Crippen LogP contribution is 2.28. The molecule has 30 heavy (non-hydrogen) atoms. The monoisotopic (exact) mass is 409 g/mol. The summed E-state index contributed by atoms with van der Waals surface area (Å²) in [4.78, 5) is 17.8. The minimum Gasteiger partial charge on any atom is -0.465 e. The molecule has 0 unspecified atom stereocenters. The summed E-state index contributed by atoms with van der Waals surface area (Å²) in [5.41, 5.74) is 2.42. The summed E-state index contributed by atoms with van der Waals surface area (Å²) >= 11 is 0. The SMILES string of the molecule is CCCCN[C@@H](C(=O)OCC)[C@@H](c1ccccc1)N1CCN(c2ccccc2)CC1. The number of nitrogens with zero attached hydrogens (tertiary/aromatic N) is 2. The van der Waals surface area contributed by atoms with Crippen molar-refractivity contribution in [1.82, 2.24) is 10.2 Å². The molecule has 1 aliphatic rings. The number of piperazine rings is 1. The van der Waals surface area contributed by atoms with Gasteiger partial charge in [0, 0.05) is 31.9 Å². The van der Waals surface area contributed by atoms with Gasteiger partial charge in [0.1, 0.15) is 6.04 Å². The fourth-order valence-corrected chi connectivity index (χ4v) is 4.15. The van der Waals surface area contributed by atoms with E-state index >= 15 is 0 Å². The van der Waals surface area contributed by atoms with Crippen LogP contribution in [-0.2, 0) is 9.53 Å². The van der Waals surface area contributed by atoms with Gasteiger partial charge in [-0.25, -0.2) is 0 Å². The first-order valence-corrected chi connectivity index (χ1v) is 11.2. The van der Waals surface area contributed by atoms with Crippen molar-refractivity contribution in [1.29, 1.82) is 0 Å². The van der Waals surface area contributed by atoms with Crippen LogP contribution < -0.4 is 10.2 Å². The van der Waals surface area contributed by atoms with E-state index in [9.17, 15) is 4.79 Å². The zero-order valence-electron chi connectivity index (χ0n) is 18.3. The van der Waals surface area contributed by atoms with Gasteiger partial charge < -0.3 is 15.0 Å². The summed E-state index contributed by atoms with van der Waals surface area (Å²) in [5.74, 6) is -0.159. The van der Waals surface area contributed by atoms with E-state index in [0.717, 1.165) is 51.1 Å². The van der Waals surface area contributed by atoms with Gasteiger partial charge in [-0.2, -0.15) is 0 Å². The predicted octanol–water partition coefficient (Wildman–Crippen LogP) is 3.87. The quantitative estimate of drug-likeness (QED) is 0.477. The molecular weight excluding hydrogens is 374 g/mol. The summed E-state index contributed by atoms with van der Waals surface area (Å²) in [7, 11) is 0. The molecule has 1 N–H and O–H groups in total. The number of para-hydroxylation sites is 1. The van der Waals surface area contributed by atoms with Gasteiger partial charge in [-0.3, -0.25) is 9.69 Å². The second kappa shape index (κ2) is 11.7. The second-order valence-corrected chi connectivity index (χ2v) is 7.75. The minimum atomic E-state index is -0.373. The molecular formula is C25H35N3O2. The lowest BCUT2D eigenvalue weighted by atomic mass is 9.96. The molecule has 162 valence electrons. The van der Waals surface area contributed by atoms with Crippen LogP contribution in [0.3, 0.4) is 0 Å². The van der Waals surface area contributed by atoms with Crippen LogP contribution in [0.2, 0.25) is 0 Å². The topological polar surface area (TPSA) is 44.8 Å². The zero-order valence-corrected chi connectivity index (χ0v) is 18.3. The van der Waals surface area contributed by atoms with E-state index in [4.69, 9.17) is 4.74 Å². The molecule has 1 heterocycles. The first-order chi connectivity index (χ1) is 14.7. The number of ether oxygens (including phenoxy) is 1. The average molecular weight is 410 g/mol. The zero-order chi connectivity index (χ0) is 21.2. The summed E-state index contributed by atoms with van der Waals surface area (Å²) in [6.45, 7) is 8.94. The highest BCUT2D eigenvalue weighted by molar-refractivity contribution is 5.77. The van der Waals surface area contributed by atoms with Crippen molar-refractivity contribution in [2.75, 3.05) is 44.2 Å². The molecule has 1 saturated heterocycles. The number of rotatable bonds is 10. The standard InChI is InChI=1S/C25H35N3O2/c1-3-5-16-26-23(25(29)30-4-2)24(21-12-8-6-9-13-21)28-19-17-27(18-20-28)22-14-10-7-11-15-22/h6-15,23-24,26H,3-5,16-20H2,1-2H3/t23-,24-/m1/s1. The van der Waals surface area contributed by atoms with Crippen molar-refractivity contribution >= 4 is 11.7 Å². The molecule has 1 fully saturated rings. The third-order valence-corrected chi connectivity index (χ3v) is 5.72. The van der Waals surface area contributed by atoms with Crippen LogP contribution in [0.5, 0.6) is 0 Å². The number of carbonyl (C=O) groups is 1. The Balaban J connectivity index is 1.80. The second-order valence-electron chi connectivity index (χ2n) is 7.75. The summed E-state index contributed by atoms with van der Waals surface area (Å²) in [6, 6.07) is 20.5. The summed E-state index contributed by atoms with van der Waals surface area (Å²) in [5, 5.41) is 3.51. The van der Waals surface area contributed by atoms with Crippen molar-refractivity contribution in [3.05, 3.63) is 66.2 Å². The van der Waals surface area contributed by atoms with Crippen LogP contribution in [0.15, 0.2) is 60.7 Å². The maximum Gasteiger partial charge on any atom is 0.325 e. The van der Waals surface area contributed by atoms with E-state index in [-0.39, 0.29) is 18.1 Å². The third-order valence-electron chi connectivity index (χ3n) is 5.72. The number of unbranched alkanes of at least 4 members (excludes halogenated alkanes) is 1. The van der Waals surface area contributed by atoms with Gasteiger partial charge in [0.05, 0.1) is 12.6 Å². The number of carbonyl (C=O) groups excluding carboxylic acids is 1. The number of nitrogens with one attached hydrogen (secondary N) is 1. The van der Waals surface area contributed by atoms with Gasteiger partial charge in [-0.1, -0.05) is 61.9 Å². The Kier molecular flexibility index (Phi) is 8.72. The van der Waals surface area contributed by atoms with Gasteiger partial charge in [0.2, 0.25) is 0 Å². The Labute approximate surface area is 181 Å². The lowest BCUT2D eigenvalue weighted by Crippen LogP contribution is -2.55. The number of benzene rings is 2. The Morgan fingerprint density at radius 3 is 2.20 bits per heavy atom. The smallest absolute Gasteiger partial charge is 0.325 e. The average Bonchev–Trinajstić information content (AvgIpc) is 2.80. The largest absolute Gasteiger partial charge is 0.465 e. The van der Waals surface area contributed by atoms with Crippen LogP contribution in [0.1, 0.15) is 38.3 Å². The van der Waals surface area contributed by atoms with E-state index in [0.29, 0.717) is 6.61 Å². The fraction of sp³-hybridized carbons (Fsp3) is 0.480. The number of esters is 1. The molecule has 0 amide bonds. The van der Waals surface area contributed by atoms with Crippen molar-refractivity contribution < 1.29 is 9.53 Å². The maximum absolute atomic E-state index is 13.0. The van der Waals surface area contributed by atoms with E-state index < -0.39 is 0 Å². The van der Waals surface area contributed by atoms with E-state index in [2.05, 4.69) is 76.6 Å². The highest BCUT2D eigenvalue weighted by atomic mass is 16.5. The Morgan fingerprint density at radius 1 is 0.967 bits per heavy atom. The molecule has 5 heteroatoms. The molecule has 0 aromatic heterocycles. The van der Waals surface area contributed by atoms with Gasteiger partial charge in [-0.15, -0.1) is 0 Å². The van der Waals surface area contributed by atoms with Crippen molar-refractivity contribution in [3.63, 3.8) is 0 Å². The molecule has 0 spiro atoms. The minimum absolute atomic E-state index is 0.0416. The van der Waals surface area contributed by atoms with Crippen LogP contribution in [-0.4, -0.2) is 56.2 Å². The molecule has 0 saturated carbocycles. The summed E-state index contributed by atoms with van der Waals surface area (Å²) < 4.78 is 5.48. The van der Waals surface area contributed by atoms with Crippen molar-refractivity contribution in [2.45, 2.75) is 38.8 Å². The number of anilines is 1.